The number of amides is 1. The van der Waals surface area contributed by atoms with Gasteiger partial charge in [-0.25, -0.2) is 4.98 Å². The van der Waals surface area contributed by atoms with E-state index in [9.17, 15) is 9.59 Å². The van der Waals surface area contributed by atoms with Crippen LogP contribution in [0, 0.1) is 12.8 Å². The van der Waals surface area contributed by atoms with E-state index in [1.807, 2.05) is 6.92 Å². The number of nitrogens with zero attached hydrogens (tertiary/aromatic N) is 4. The van der Waals surface area contributed by atoms with Gasteiger partial charge >= 0.3 is 0 Å². The number of primary amides is 1. The molecule has 3 heterocycles. The number of rotatable bonds is 5. The van der Waals surface area contributed by atoms with Crippen LogP contribution in [-0.4, -0.2) is 49.8 Å². The summed E-state index contributed by atoms with van der Waals surface area (Å²) in [5.74, 6) is 0.374. The van der Waals surface area contributed by atoms with Gasteiger partial charge in [-0.3, -0.25) is 14.5 Å². The maximum absolute atomic E-state index is 13.2. The smallest absolute Gasteiger partial charge is 0.264 e. The average molecular weight is 400 g/mol. The van der Waals surface area contributed by atoms with Crippen LogP contribution in [-0.2, 0) is 11.2 Å². The Morgan fingerprint density at radius 2 is 1.96 bits per heavy atom. The number of aromatic nitrogens is 3. The van der Waals surface area contributed by atoms with Gasteiger partial charge in [0.15, 0.2) is 11.0 Å². The Kier molecular flexibility index (Phi) is 5.25. The Balaban J connectivity index is 1.63. The highest BCUT2D eigenvalue weighted by Gasteiger charge is 2.43. The number of thioether (sulfide) groups is 1. The van der Waals surface area contributed by atoms with Gasteiger partial charge in [0, 0.05) is 12.3 Å². The van der Waals surface area contributed by atoms with Gasteiger partial charge in [0.25, 0.3) is 5.91 Å². The van der Waals surface area contributed by atoms with Crippen molar-refractivity contribution in [2.45, 2.75) is 49.6 Å². The second kappa shape index (κ2) is 7.67. The van der Waals surface area contributed by atoms with Gasteiger partial charge in [0.05, 0.1) is 6.04 Å². The van der Waals surface area contributed by atoms with Gasteiger partial charge in [-0.1, -0.05) is 48.5 Å². The number of fused-ring (bicyclic) bond motifs is 1. The van der Waals surface area contributed by atoms with Crippen molar-refractivity contribution in [1.29, 1.82) is 0 Å². The summed E-state index contributed by atoms with van der Waals surface area (Å²) in [6.45, 7) is 5.52. The molecule has 0 saturated carbocycles. The molecule has 2 aliphatic heterocycles. The maximum atomic E-state index is 13.2. The number of piperidine rings is 1. The summed E-state index contributed by atoms with van der Waals surface area (Å²) in [4.78, 5) is 31.5. The summed E-state index contributed by atoms with van der Waals surface area (Å²) in [6, 6.07) is 8.27. The number of hydrogen-bond acceptors (Lipinski definition) is 6. The van der Waals surface area contributed by atoms with Crippen molar-refractivity contribution in [2.75, 3.05) is 13.1 Å². The molecule has 2 unspecified atom stereocenters. The molecular weight excluding hydrogens is 374 g/mol. The second-order valence-electron chi connectivity index (χ2n) is 7.52. The van der Waals surface area contributed by atoms with Gasteiger partial charge in [-0.2, -0.15) is 4.68 Å². The third-order valence-corrected chi connectivity index (χ3v) is 6.84. The lowest BCUT2D eigenvalue weighted by Gasteiger charge is -2.38. The van der Waals surface area contributed by atoms with Crippen LogP contribution < -0.4 is 5.73 Å². The third-order valence-electron chi connectivity index (χ3n) is 5.65. The van der Waals surface area contributed by atoms with E-state index in [4.69, 9.17) is 5.73 Å². The molecule has 0 aliphatic carbocycles. The van der Waals surface area contributed by atoms with E-state index >= 15 is 0 Å². The standard InChI is InChI=1S/C20H25N5O2S/c1-3-15-22-20-25(23-15)19(27)17(28-20)16(13-6-4-12(2)5-7-13)24-10-8-14(9-11-24)18(21)26/h4-7,14,16-17H,3,8-11H2,1-2H3,(H2,21,26). The molecule has 8 heteroatoms. The van der Waals surface area contributed by atoms with Crippen molar-refractivity contribution in [3.63, 3.8) is 0 Å². The number of carbonyl (C=O) groups excluding carboxylic acids is 2. The summed E-state index contributed by atoms with van der Waals surface area (Å²) in [7, 11) is 0. The van der Waals surface area contributed by atoms with Crippen LogP contribution in [0.3, 0.4) is 0 Å². The maximum Gasteiger partial charge on any atom is 0.264 e. The molecule has 1 fully saturated rings. The van der Waals surface area contributed by atoms with Crippen LogP contribution in [0.25, 0.3) is 0 Å². The quantitative estimate of drug-likeness (QED) is 0.828. The average Bonchev–Trinajstić information content (AvgIpc) is 3.23. The lowest BCUT2D eigenvalue weighted by molar-refractivity contribution is -0.123. The van der Waals surface area contributed by atoms with Crippen LogP contribution in [0.5, 0.6) is 0 Å². The van der Waals surface area contributed by atoms with Crippen LogP contribution >= 0.6 is 11.8 Å². The fourth-order valence-corrected chi connectivity index (χ4v) is 5.27. The van der Waals surface area contributed by atoms with Crippen molar-refractivity contribution >= 4 is 23.6 Å². The highest BCUT2D eigenvalue weighted by Crippen LogP contribution is 2.42. The molecule has 148 valence electrons. The predicted octanol–water partition coefficient (Wildman–Crippen LogP) is 2.20. The van der Waals surface area contributed by atoms with E-state index in [2.05, 4.69) is 46.2 Å². The van der Waals surface area contributed by atoms with Crippen molar-refractivity contribution in [2.24, 2.45) is 11.7 Å². The highest BCUT2D eigenvalue weighted by atomic mass is 32.2. The summed E-state index contributed by atoms with van der Waals surface area (Å²) in [6.07, 6.45) is 2.17. The molecule has 2 atom stereocenters. The Hall–Kier alpha value is -2.19. The number of likely N-dealkylation sites (tertiary alicyclic amines) is 1. The first kappa shape index (κ1) is 19.1. The van der Waals surface area contributed by atoms with Crippen LogP contribution in [0.4, 0.5) is 0 Å². The predicted molar refractivity (Wildman–Crippen MR) is 107 cm³/mol. The van der Waals surface area contributed by atoms with E-state index in [1.165, 1.54) is 22.0 Å². The Morgan fingerprint density at radius 3 is 2.54 bits per heavy atom. The lowest BCUT2D eigenvalue weighted by Crippen LogP contribution is -2.45. The first-order chi connectivity index (χ1) is 13.5. The number of hydrogen-bond donors (Lipinski definition) is 1. The molecule has 1 aromatic carbocycles. The Bertz CT molecular complexity index is 887. The number of aryl methyl sites for hydroxylation is 2. The zero-order chi connectivity index (χ0) is 19.8. The van der Waals surface area contributed by atoms with Crippen molar-refractivity contribution in [1.82, 2.24) is 19.7 Å². The molecule has 2 aliphatic rings. The van der Waals surface area contributed by atoms with Gasteiger partial charge in [-0.05, 0) is 38.4 Å². The van der Waals surface area contributed by atoms with E-state index in [0.29, 0.717) is 17.4 Å². The summed E-state index contributed by atoms with van der Waals surface area (Å²) in [5, 5.41) is 4.75. The van der Waals surface area contributed by atoms with Crippen molar-refractivity contribution < 1.29 is 9.59 Å². The topological polar surface area (TPSA) is 94.1 Å². The minimum absolute atomic E-state index is 0.0187. The van der Waals surface area contributed by atoms with Gasteiger partial charge < -0.3 is 5.73 Å². The first-order valence-electron chi connectivity index (χ1n) is 9.74. The van der Waals surface area contributed by atoms with E-state index in [-0.39, 0.29) is 29.0 Å². The normalized spacial score (nSPS) is 21.6. The van der Waals surface area contributed by atoms with Crippen molar-refractivity contribution in [3.8, 4) is 0 Å². The molecule has 2 N–H and O–H groups in total. The molecule has 1 saturated heterocycles. The zero-order valence-corrected chi connectivity index (χ0v) is 17.0. The SMILES string of the molecule is CCc1nc2n(n1)C(=O)C(C(c1ccc(C)cc1)N1CCC(C(N)=O)CC1)S2. The Labute approximate surface area is 168 Å². The van der Waals surface area contributed by atoms with Crippen LogP contribution in [0.1, 0.15) is 47.6 Å². The minimum atomic E-state index is -0.297. The largest absolute Gasteiger partial charge is 0.369 e. The monoisotopic (exact) mass is 399 g/mol. The fraction of sp³-hybridized carbons (Fsp3) is 0.500. The molecule has 0 spiro atoms. The van der Waals surface area contributed by atoms with Crippen molar-refractivity contribution in [3.05, 3.63) is 41.2 Å². The Morgan fingerprint density at radius 1 is 1.29 bits per heavy atom. The first-order valence-corrected chi connectivity index (χ1v) is 10.6. The minimum Gasteiger partial charge on any atom is -0.369 e. The molecule has 4 rings (SSSR count). The fourth-order valence-electron chi connectivity index (χ4n) is 3.99. The number of carbonyl (C=O) groups is 2. The van der Waals surface area contributed by atoms with E-state index in [1.54, 1.807) is 0 Å². The lowest BCUT2D eigenvalue weighted by atomic mass is 9.92. The molecule has 7 nitrogen and oxygen atoms in total. The number of benzene rings is 1. The molecule has 28 heavy (non-hydrogen) atoms. The van der Waals surface area contributed by atoms with Crippen LogP contribution in [0.15, 0.2) is 29.4 Å². The third kappa shape index (κ3) is 3.46. The highest BCUT2D eigenvalue weighted by molar-refractivity contribution is 8.00. The summed E-state index contributed by atoms with van der Waals surface area (Å²) < 4.78 is 1.46. The molecule has 0 bridgehead atoms. The number of nitrogens with two attached hydrogens (primary N) is 1. The van der Waals surface area contributed by atoms with Crippen LogP contribution in [0.2, 0.25) is 0 Å². The van der Waals surface area contributed by atoms with E-state index in [0.717, 1.165) is 31.5 Å². The molecule has 1 aromatic heterocycles. The molecule has 0 radical (unpaired) electrons. The van der Waals surface area contributed by atoms with Gasteiger partial charge in [-0.15, -0.1) is 5.10 Å². The second-order valence-corrected chi connectivity index (χ2v) is 8.63. The molecular formula is C20H25N5O2S. The molecule has 2 aromatic rings. The summed E-state index contributed by atoms with van der Waals surface area (Å²) >= 11 is 1.49. The zero-order valence-electron chi connectivity index (χ0n) is 16.2. The molecule has 1 amide bonds. The summed E-state index contributed by atoms with van der Waals surface area (Å²) in [5.41, 5.74) is 7.79. The van der Waals surface area contributed by atoms with Gasteiger partial charge in [0.1, 0.15) is 5.25 Å². The van der Waals surface area contributed by atoms with E-state index < -0.39 is 0 Å². The van der Waals surface area contributed by atoms with Gasteiger partial charge in [0.2, 0.25) is 5.91 Å².